The van der Waals surface area contributed by atoms with Gasteiger partial charge in [0.15, 0.2) is 0 Å². The van der Waals surface area contributed by atoms with Crippen LogP contribution in [0.25, 0.3) is 0 Å². The molecule has 0 spiro atoms. The third-order valence-electron chi connectivity index (χ3n) is 5.76. The van der Waals surface area contributed by atoms with Crippen LogP contribution < -0.4 is 0 Å². The zero-order valence-electron chi connectivity index (χ0n) is 11.2. The monoisotopic (exact) mass is 250 g/mol. The summed E-state index contributed by atoms with van der Waals surface area (Å²) in [5.74, 6) is 1.05. The lowest BCUT2D eigenvalue weighted by molar-refractivity contribution is -0.152. The minimum Gasteiger partial charge on any atom is -0.458 e. The molecule has 0 radical (unpaired) electrons. The van der Waals surface area contributed by atoms with Crippen LogP contribution in [-0.4, -0.2) is 23.3 Å². The van der Waals surface area contributed by atoms with Crippen LogP contribution in [-0.2, 0) is 9.53 Å². The van der Waals surface area contributed by atoms with Crippen LogP contribution in [0.1, 0.15) is 39.5 Å². The second-order valence-corrected chi connectivity index (χ2v) is 6.70. The number of hydrogen-bond donors (Lipinski definition) is 1. The lowest BCUT2D eigenvalue weighted by Crippen LogP contribution is -2.52. The summed E-state index contributed by atoms with van der Waals surface area (Å²) in [6.45, 7) is 8.33. The van der Waals surface area contributed by atoms with Gasteiger partial charge in [0.2, 0.25) is 0 Å². The third-order valence-corrected chi connectivity index (χ3v) is 5.76. The summed E-state index contributed by atoms with van der Waals surface area (Å²) >= 11 is 0. The molecule has 6 unspecified atom stereocenters. The number of fused-ring (bicyclic) bond motifs is 2. The number of hydrogen-bond acceptors (Lipinski definition) is 3. The van der Waals surface area contributed by atoms with E-state index < -0.39 is 0 Å². The fourth-order valence-electron chi connectivity index (χ4n) is 4.49. The van der Waals surface area contributed by atoms with E-state index in [1.165, 1.54) is 0 Å². The van der Waals surface area contributed by atoms with Gasteiger partial charge in [0.1, 0.15) is 6.10 Å². The number of rotatable bonds is 0. The standard InChI is InChI=1S/C15H22O3/c1-8-4-5-13(16)15(3)7-12-10(6-11(8)15)9(2)14(17)18-12/h8,10-13,16H,2,4-7H2,1,3H3. The molecule has 1 heterocycles. The summed E-state index contributed by atoms with van der Waals surface area (Å²) < 4.78 is 5.43. The Hall–Kier alpha value is -0.830. The number of esters is 1. The van der Waals surface area contributed by atoms with Crippen LogP contribution >= 0.6 is 0 Å². The topological polar surface area (TPSA) is 46.5 Å². The van der Waals surface area contributed by atoms with E-state index in [4.69, 9.17) is 4.74 Å². The van der Waals surface area contributed by atoms with Crippen molar-refractivity contribution in [2.45, 2.75) is 51.7 Å². The van der Waals surface area contributed by atoms with Gasteiger partial charge in [-0.25, -0.2) is 4.79 Å². The normalized spacial score (nSPS) is 51.6. The van der Waals surface area contributed by atoms with Gasteiger partial charge in [0.25, 0.3) is 0 Å². The first-order chi connectivity index (χ1) is 8.43. The van der Waals surface area contributed by atoms with Crippen molar-refractivity contribution in [3.05, 3.63) is 12.2 Å². The number of carbonyl (C=O) groups is 1. The second-order valence-electron chi connectivity index (χ2n) is 6.70. The average Bonchev–Trinajstić information content (AvgIpc) is 2.58. The SMILES string of the molecule is C=C1C(=O)OC2CC3(C)C(O)CCC(C)C3CC12. The predicted octanol–water partition coefficient (Wildman–Crippen LogP) is 2.29. The van der Waals surface area contributed by atoms with E-state index in [1.807, 2.05) is 0 Å². The fourth-order valence-corrected chi connectivity index (χ4v) is 4.49. The Morgan fingerprint density at radius 1 is 1.44 bits per heavy atom. The molecule has 100 valence electrons. The zero-order chi connectivity index (χ0) is 13.1. The molecule has 0 aromatic carbocycles. The highest BCUT2D eigenvalue weighted by atomic mass is 16.6. The predicted molar refractivity (Wildman–Crippen MR) is 67.7 cm³/mol. The molecule has 3 aliphatic rings. The molecule has 2 aliphatic carbocycles. The highest BCUT2D eigenvalue weighted by Gasteiger charge is 2.56. The van der Waals surface area contributed by atoms with Crippen LogP contribution in [0.2, 0.25) is 0 Å². The Kier molecular flexibility index (Phi) is 2.60. The molecule has 0 bridgehead atoms. The van der Waals surface area contributed by atoms with Crippen LogP contribution in [0.15, 0.2) is 12.2 Å². The van der Waals surface area contributed by atoms with Crippen LogP contribution in [0.5, 0.6) is 0 Å². The van der Waals surface area contributed by atoms with Crippen LogP contribution in [0.3, 0.4) is 0 Å². The molecule has 3 nitrogen and oxygen atoms in total. The summed E-state index contributed by atoms with van der Waals surface area (Å²) in [6.07, 6.45) is 3.39. The molecule has 2 saturated carbocycles. The van der Waals surface area contributed by atoms with Crippen molar-refractivity contribution in [3.63, 3.8) is 0 Å². The van der Waals surface area contributed by atoms with Gasteiger partial charge in [0.05, 0.1) is 6.10 Å². The lowest BCUT2D eigenvalue weighted by atomic mass is 9.53. The van der Waals surface area contributed by atoms with Crippen molar-refractivity contribution in [3.8, 4) is 0 Å². The molecule has 1 saturated heterocycles. The van der Waals surface area contributed by atoms with Gasteiger partial charge in [-0.2, -0.15) is 0 Å². The molecule has 3 fully saturated rings. The molecule has 0 aromatic rings. The van der Waals surface area contributed by atoms with Gasteiger partial charge < -0.3 is 9.84 Å². The second kappa shape index (κ2) is 3.83. The van der Waals surface area contributed by atoms with Crippen LogP contribution in [0.4, 0.5) is 0 Å². The highest BCUT2D eigenvalue weighted by molar-refractivity contribution is 5.90. The molecule has 1 aliphatic heterocycles. The van der Waals surface area contributed by atoms with Crippen molar-refractivity contribution < 1.29 is 14.6 Å². The minimum absolute atomic E-state index is 0.0498. The fraction of sp³-hybridized carbons (Fsp3) is 0.800. The average molecular weight is 250 g/mol. The molecule has 6 atom stereocenters. The van der Waals surface area contributed by atoms with Crippen molar-refractivity contribution in [2.75, 3.05) is 0 Å². The lowest BCUT2D eigenvalue weighted by Gasteiger charge is -2.53. The largest absolute Gasteiger partial charge is 0.458 e. The summed E-state index contributed by atoms with van der Waals surface area (Å²) in [7, 11) is 0. The number of carbonyl (C=O) groups excluding carboxylic acids is 1. The maximum Gasteiger partial charge on any atom is 0.334 e. The number of ether oxygens (including phenoxy) is 1. The minimum atomic E-state index is -0.257. The molecule has 3 heteroatoms. The van der Waals surface area contributed by atoms with Gasteiger partial charge in [0, 0.05) is 16.9 Å². The molecule has 1 N–H and O–H groups in total. The zero-order valence-corrected chi connectivity index (χ0v) is 11.2. The van der Waals surface area contributed by atoms with E-state index in [9.17, 15) is 9.90 Å². The van der Waals surface area contributed by atoms with Gasteiger partial charge in [-0.3, -0.25) is 0 Å². The summed E-state index contributed by atoms with van der Waals surface area (Å²) in [6, 6.07) is 0. The van der Waals surface area contributed by atoms with Crippen molar-refractivity contribution in [1.82, 2.24) is 0 Å². The van der Waals surface area contributed by atoms with Gasteiger partial charge in [-0.1, -0.05) is 20.4 Å². The summed E-state index contributed by atoms with van der Waals surface area (Å²) in [5, 5.41) is 10.4. The van der Waals surface area contributed by atoms with E-state index in [0.29, 0.717) is 17.4 Å². The highest BCUT2D eigenvalue weighted by Crippen LogP contribution is 2.56. The molecule has 0 aromatic heterocycles. The number of aliphatic hydroxyl groups excluding tert-OH is 1. The number of aliphatic hydroxyl groups is 1. The molecule has 0 amide bonds. The molecule has 3 rings (SSSR count). The quantitative estimate of drug-likeness (QED) is 0.530. The smallest absolute Gasteiger partial charge is 0.334 e. The van der Waals surface area contributed by atoms with E-state index in [1.54, 1.807) is 0 Å². The third kappa shape index (κ3) is 1.49. The van der Waals surface area contributed by atoms with E-state index >= 15 is 0 Å². The Morgan fingerprint density at radius 2 is 2.17 bits per heavy atom. The molecule has 18 heavy (non-hydrogen) atoms. The van der Waals surface area contributed by atoms with Crippen LogP contribution in [0, 0.1) is 23.2 Å². The summed E-state index contributed by atoms with van der Waals surface area (Å²) in [5.41, 5.74) is 0.554. The maximum atomic E-state index is 11.6. The molecular formula is C15H22O3. The first-order valence-corrected chi connectivity index (χ1v) is 7.01. The Balaban J connectivity index is 1.92. The Morgan fingerprint density at radius 3 is 2.89 bits per heavy atom. The Labute approximate surface area is 108 Å². The Bertz CT molecular complexity index is 403. The summed E-state index contributed by atoms with van der Waals surface area (Å²) in [4.78, 5) is 11.6. The van der Waals surface area contributed by atoms with E-state index in [-0.39, 0.29) is 29.5 Å². The first-order valence-electron chi connectivity index (χ1n) is 7.01. The molecular weight excluding hydrogens is 228 g/mol. The maximum absolute atomic E-state index is 11.6. The van der Waals surface area contributed by atoms with Gasteiger partial charge >= 0.3 is 5.97 Å². The van der Waals surface area contributed by atoms with Gasteiger partial charge in [-0.15, -0.1) is 0 Å². The van der Waals surface area contributed by atoms with Crippen molar-refractivity contribution in [2.24, 2.45) is 23.2 Å². The van der Waals surface area contributed by atoms with Gasteiger partial charge in [-0.05, 0) is 37.5 Å². The van der Waals surface area contributed by atoms with E-state index in [0.717, 1.165) is 25.7 Å². The first kappa shape index (κ1) is 12.2. The van der Waals surface area contributed by atoms with Crippen molar-refractivity contribution in [1.29, 1.82) is 0 Å². The van der Waals surface area contributed by atoms with Crippen molar-refractivity contribution >= 4 is 5.97 Å². The van der Waals surface area contributed by atoms with E-state index in [2.05, 4.69) is 20.4 Å².